The van der Waals surface area contributed by atoms with Crippen molar-refractivity contribution in [3.05, 3.63) is 12.2 Å². The second-order valence-electron chi connectivity index (χ2n) is 5.57. The van der Waals surface area contributed by atoms with Crippen molar-refractivity contribution in [1.82, 2.24) is 4.72 Å². The average Bonchev–Trinajstić information content (AvgIpc) is 2.50. The van der Waals surface area contributed by atoms with Crippen LogP contribution in [0.15, 0.2) is 12.2 Å². The van der Waals surface area contributed by atoms with Gasteiger partial charge in [-0.25, -0.2) is 13.1 Å². The summed E-state index contributed by atoms with van der Waals surface area (Å²) in [5.41, 5.74) is 1.31. The summed E-state index contributed by atoms with van der Waals surface area (Å²) in [7, 11) is -3.07. The van der Waals surface area contributed by atoms with Crippen LogP contribution in [-0.4, -0.2) is 20.2 Å². The van der Waals surface area contributed by atoms with E-state index in [-0.39, 0.29) is 11.8 Å². The lowest BCUT2D eigenvalue weighted by atomic mass is 9.82. The van der Waals surface area contributed by atoms with Crippen LogP contribution in [0, 0.1) is 11.8 Å². The fourth-order valence-corrected chi connectivity index (χ4v) is 4.83. The number of hydrogen-bond donors (Lipinski definition) is 1. The van der Waals surface area contributed by atoms with Crippen molar-refractivity contribution in [2.45, 2.75) is 51.5 Å². The van der Waals surface area contributed by atoms with Crippen molar-refractivity contribution >= 4 is 10.0 Å². The summed E-state index contributed by atoms with van der Waals surface area (Å²) in [5, 5.41) is 0. The fraction of sp³-hybridized carbons (Fsp3) is 0.846. The van der Waals surface area contributed by atoms with E-state index >= 15 is 0 Å². The molecule has 2 unspecified atom stereocenters. The molecule has 2 bridgehead atoms. The van der Waals surface area contributed by atoms with Crippen molar-refractivity contribution in [3.8, 4) is 0 Å². The second-order valence-corrected chi connectivity index (χ2v) is 7.45. The molecular formula is C13H23NO2S. The van der Waals surface area contributed by atoms with Gasteiger partial charge in [0.1, 0.15) is 0 Å². The Balaban J connectivity index is 1.98. The average molecular weight is 257 g/mol. The highest BCUT2D eigenvalue weighted by molar-refractivity contribution is 7.89. The Bertz CT molecular complexity index is 372. The zero-order valence-corrected chi connectivity index (χ0v) is 11.4. The van der Waals surface area contributed by atoms with E-state index in [9.17, 15) is 8.42 Å². The number of nitrogens with one attached hydrogen (secondary N) is 1. The first-order valence-electron chi connectivity index (χ1n) is 6.68. The molecule has 2 aliphatic carbocycles. The number of allylic oxidation sites excluding steroid dienone is 1. The Morgan fingerprint density at radius 1 is 1.29 bits per heavy atom. The molecule has 0 amide bonds. The highest BCUT2D eigenvalue weighted by Gasteiger charge is 2.41. The first kappa shape index (κ1) is 13.1. The van der Waals surface area contributed by atoms with Crippen LogP contribution in [0.2, 0.25) is 0 Å². The third kappa shape index (κ3) is 3.10. The van der Waals surface area contributed by atoms with Gasteiger partial charge in [0, 0.05) is 6.04 Å². The van der Waals surface area contributed by atoms with Crippen LogP contribution in [0.4, 0.5) is 0 Å². The lowest BCUT2D eigenvalue weighted by molar-refractivity contribution is 0.332. The van der Waals surface area contributed by atoms with Gasteiger partial charge in [-0.2, -0.15) is 0 Å². The van der Waals surface area contributed by atoms with Crippen molar-refractivity contribution in [1.29, 1.82) is 0 Å². The van der Waals surface area contributed by atoms with E-state index in [2.05, 4.69) is 11.3 Å². The normalized spacial score (nSPS) is 33.0. The molecule has 2 aliphatic rings. The summed E-state index contributed by atoms with van der Waals surface area (Å²) < 4.78 is 26.8. The molecule has 4 heteroatoms. The summed E-state index contributed by atoms with van der Waals surface area (Å²) in [5.74, 6) is 1.27. The van der Waals surface area contributed by atoms with Crippen LogP contribution in [0.3, 0.4) is 0 Å². The molecule has 2 atom stereocenters. The number of sulfonamides is 1. The summed E-state index contributed by atoms with van der Waals surface area (Å²) in [6.07, 6.45) is 6.02. The molecule has 98 valence electrons. The quantitative estimate of drug-likeness (QED) is 0.769. The minimum Gasteiger partial charge on any atom is -0.212 e. The Morgan fingerprint density at radius 2 is 1.88 bits per heavy atom. The standard InChI is InChI=1S/C13H23NO2S/c1-3-4-7-17(15,16)14-13-11-5-6-12(13)9-10(2)8-11/h11-14H,2-9H2,1H3. The summed E-state index contributed by atoms with van der Waals surface area (Å²) in [4.78, 5) is 0. The minimum atomic E-state index is -3.07. The number of rotatable bonds is 5. The van der Waals surface area contributed by atoms with Crippen LogP contribution < -0.4 is 4.72 Å². The fourth-order valence-electron chi connectivity index (χ4n) is 3.25. The van der Waals surface area contributed by atoms with E-state index in [1.165, 1.54) is 5.57 Å². The molecule has 0 aliphatic heterocycles. The molecule has 0 aromatic heterocycles. The highest BCUT2D eigenvalue weighted by atomic mass is 32.2. The lowest BCUT2D eigenvalue weighted by Crippen LogP contribution is -2.44. The van der Waals surface area contributed by atoms with E-state index in [4.69, 9.17) is 0 Å². The number of fused-ring (bicyclic) bond motifs is 2. The Hall–Kier alpha value is -0.350. The van der Waals surface area contributed by atoms with Crippen LogP contribution in [0.5, 0.6) is 0 Å². The number of unbranched alkanes of at least 4 members (excludes halogenated alkanes) is 1. The van der Waals surface area contributed by atoms with Crippen LogP contribution >= 0.6 is 0 Å². The Kier molecular flexibility index (Phi) is 3.93. The van der Waals surface area contributed by atoms with Gasteiger partial charge in [-0.15, -0.1) is 0 Å². The SMILES string of the molecule is C=C1CC2CCC(C1)C2NS(=O)(=O)CCCC. The summed E-state index contributed by atoms with van der Waals surface area (Å²) in [6.45, 7) is 6.08. The molecule has 0 radical (unpaired) electrons. The number of hydrogen-bond acceptors (Lipinski definition) is 2. The lowest BCUT2D eigenvalue weighted by Gasteiger charge is -2.31. The Labute approximate surface area is 105 Å². The molecule has 0 heterocycles. The first-order chi connectivity index (χ1) is 8.02. The van der Waals surface area contributed by atoms with E-state index in [0.29, 0.717) is 11.8 Å². The molecule has 17 heavy (non-hydrogen) atoms. The Morgan fingerprint density at radius 3 is 2.41 bits per heavy atom. The molecule has 0 spiro atoms. The monoisotopic (exact) mass is 257 g/mol. The van der Waals surface area contributed by atoms with Crippen molar-refractivity contribution in [3.63, 3.8) is 0 Å². The third-order valence-corrected chi connectivity index (χ3v) is 5.57. The van der Waals surface area contributed by atoms with Gasteiger partial charge in [0.05, 0.1) is 5.75 Å². The van der Waals surface area contributed by atoms with Crippen molar-refractivity contribution in [2.24, 2.45) is 11.8 Å². The summed E-state index contributed by atoms with van der Waals surface area (Å²) >= 11 is 0. The predicted molar refractivity (Wildman–Crippen MR) is 70.2 cm³/mol. The molecule has 1 N–H and O–H groups in total. The molecule has 3 nitrogen and oxygen atoms in total. The topological polar surface area (TPSA) is 46.2 Å². The summed E-state index contributed by atoms with van der Waals surface area (Å²) in [6, 6.07) is 0.183. The van der Waals surface area contributed by atoms with Crippen molar-refractivity contribution < 1.29 is 8.42 Å². The van der Waals surface area contributed by atoms with Gasteiger partial charge in [0.25, 0.3) is 0 Å². The van der Waals surface area contributed by atoms with Gasteiger partial charge in [0.15, 0.2) is 0 Å². The van der Waals surface area contributed by atoms with Gasteiger partial charge in [0.2, 0.25) is 10.0 Å². The van der Waals surface area contributed by atoms with Crippen LogP contribution in [0.25, 0.3) is 0 Å². The molecular weight excluding hydrogens is 234 g/mol. The zero-order chi connectivity index (χ0) is 12.5. The molecule has 2 rings (SSSR count). The van der Waals surface area contributed by atoms with E-state index in [0.717, 1.165) is 38.5 Å². The van der Waals surface area contributed by atoms with Gasteiger partial charge < -0.3 is 0 Å². The minimum absolute atomic E-state index is 0.183. The molecule has 0 saturated heterocycles. The van der Waals surface area contributed by atoms with Gasteiger partial charge in [-0.05, 0) is 43.9 Å². The maximum absolute atomic E-state index is 11.9. The second kappa shape index (κ2) is 5.11. The van der Waals surface area contributed by atoms with Crippen LogP contribution in [0.1, 0.15) is 45.4 Å². The first-order valence-corrected chi connectivity index (χ1v) is 8.33. The van der Waals surface area contributed by atoms with E-state index < -0.39 is 10.0 Å². The largest absolute Gasteiger partial charge is 0.212 e. The van der Waals surface area contributed by atoms with Gasteiger partial charge >= 0.3 is 0 Å². The van der Waals surface area contributed by atoms with Gasteiger partial charge in [-0.3, -0.25) is 0 Å². The van der Waals surface area contributed by atoms with Gasteiger partial charge in [-0.1, -0.05) is 25.5 Å². The molecule has 2 fully saturated rings. The zero-order valence-electron chi connectivity index (χ0n) is 10.6. The van der Waals surface area contributed by atoms with E-state index in [1.54, 1.807) is 0 Å². The highest BCUT2D eigenvalue weighted by Crippen LogP contribution is 2.44. The molecule has 0 aromatic carbocycles. The van der Waals surface area contributed by atoms with E-state index in [1.807, 2.05) is 6.92 Å². The smallest absolute Gasteiger partial charge is 0.211 e. The van der Waals surface area contributed by atoms with Crippen LogP contribution in [-0.2, 0) is 10.0 Å². The maximum atomic E-state index is 11.9. The van der Waals surface area contributed by atoms with Crippen molar-refractivity contribution in [2.75, 3.05) is 5.75 Å². The maximum Gasteiger partial charge on any atom is 0.211 e. The molecule has 2 saturated carbocycles. The predicted octanol–water partition coefficient (Wildman–Crippen LogP) is 2.45. The third-order valence-electron chi connectivity index (χ3n) is 4.11. The molecule has 0 aromatic rings.